The largest absolute Gasteiger partial charge is 0.482 e. The average Bonchev–Trinajstić information content (AvgIpc) is 3.02. The Bertz CT molecular complexity index is 1310. The van der Waals surface area contributed by atoms with Crippen LogP contribution in [0.4, 0.5) is 0 Å². The highest BCUT2D eigenvalue weighted by atomic mass is 16.6. The van der Waals surface area contributed by atoms with E-state index in [1.54, 1.807) is 38.1 Å². The summed E-state index contributed by atoms with van der Waals surface area (Å²) in [5.74, 6) is -2.25. The van der Waals surface area contributed by atoms with Crippen molar-refractivity contribution in [2.24, 2.45) is 16.7 Å². The molecule has 4 fully saturated rings. The number of para-hydroxylation sites is 1. The molecule has 0 spiro atoms. The molecule has 2 N–H and O–H groups in total. The monoisotopic (exact) mass is 643 g/mol. The highest BCUT2D eigenvalue weighted by Crippen LogP contribution is 2.67. The van der Waals surface area contributed by atoms with Crippen LogP contribution in [0, 0.1) is 16.7 Å². The minimum atomic E-state index is -2.33. The van der Waals surface area contributed by atoms with Crippen LogP contribution in [-0.4, -0.2) is 107 Å². The van der Waals surface area contributed by atoms with Crippen LogP contribution in [-0.2, 0) is 33.3 Å². The second-order valence-corrected chi connectivity index (χ2v) is 14.5. The lowest BCUT2D eigenvalue weighted by Crippen LogP contribution is -2.87. The summed E-state index contributed by atoms with van der Waals surface area (Å²) in [4.78, 5) is 43.6. The van der Waals surface area contributed by atoms with Crippen LogP contribution in [0.3, 0.4) is 0 Å². The number of aliphatic hydroxyl groups excluding tert-OH is 1. The number of ketones is 1. The van der Waals surface area contributed by atoms with Crippen LogP contribution in [0.5, 0.6) is 5.75 Å². The maximum atomic E-state index is 14.3. The Hall–Kier alpha value is -2.83. The number of hydrogen-bond donors (Lipinski definition) is 2. The molecule has 2 saturated carbocycles. The molecule has 46 heavy (non-hydrogen) atoms. The van der Waals surface area contributed by atoms with Gasteiger partial charge in [-0.3, -0.25) is 14.5 Å². The lowest BCUT2D eigenvalue weighted by Gasteiger charge is -2.71. The number of Topliss-reactive ketones (excluding diaryl/α,β-unsaturated/α-hetero) is 1. The van der Waals surface area contributed by atoms with Gasteiger partial charge < -0.3 is 33.9 Å². The Balaban J connectivity index is 1.57. The minimum Gasteiger partial charge on any atom is -0.482 e. The second-order valence-electron chi connectivity index (χ2n) is 14.5. The van der Waals surface area contributed by atoms with Crippen molar-refractivity contribution in [1.82, 2.24) is 4.90 Å². The predicted molar refractivity (Wildman–Crippen MR) is 167 cm³/mol. The predicted octanol–water partition coefficient (Wildman–Crippen LogP) is 2.85. The SMILES string of the molecule is C=C[C@@]1(C)CC(=O)[C@]2(O)[C@@]3(C)[C@@H](O)CCC(C)(C)[C@@H]3[C@H](OC(=O)CCN3CCOCC3)[C@H](OC(=O)COc3ccccc3)[C@@]2(C)O1. The number of aliphatic hydroxyl groups is 2. The molecule has 0 amide bonds. The first-order valence-electron chi connectivity index (χ1n) is 16.3. The summed E-state index contributed by atoms with van der Waals surface area (Å²) in [6.07, 6.45) is -1.63. The van der Waals surface area contributed by atoms with Gasteiger partial charge >= 0.3 is 11.9 Å². The smallest absolute Gasteiger partial charge is 0.344 e. The number of esters is 2. The van der Waals surface area contributed by atoms with Gasteiger partial charge in [0.2, 0.25) is 0 Å². The third kappa shape index (κ3) is 5.78. The summed E-state index contributed by atoms with van der Waals surface area (Å²) < 4.78 is 30.2. The van der Waals surface area contributed by atoms with Crippen molar-refractivity contribution >= 4 is 17.7 Å². The van der Waals surface area contributed by atoms with Crippen LogP contribution in [0.1, 0.15) is 60.3 Å². The van der Waals surface area contributed by atoms with Crippen molar-refractivity contribution in [2.75, 3.05) is 39.5 Å². The Morgan fingerprint density at radius 2 is 1.74 bits per heavy atom. The van der Waals surface area contributed by atoms with E-state index >= 15 is 0 Å². The van der Waals surface area contributed by atoms with Gasteiger partial charge in [0.25, 0.3) is 0 Å². The minimum absolute atomic E-state index is 0.0614. The van der Waals surface area contributed by atoms with E-state index in [9.17, 15) is 24.6 Å². The molecule has 1 aromatic carbocycles. The maximum Gasteiger partial charge on any atom is 0.344 e. The van der Waals surface area contributed by atoms with E-state index in [1.165, 1.54) is 13.0 Å². The molecule has 0 unspecified atom stereocenters. The molecule has 2 heterocycles. The third-order valence-electron chi connectivity index (χ3n) is 11.1. The summed E-state index contributed by atoms with van der Waals surface area (Å²) in [6.45, 7) is 15.2. The van der Waals surface area contributed by atoms with Gasteiger partial charge in [-0.2, -0.15) is 0 Å². The summed E-state index contributed by atoms with van der Waals surface area (Å²) in [7, 11) is 0. The number of fused-ring (bicyclic) bond motifs is 3. The standard InChI is InChI=1S/C35H49NO10/c1-7-32(4)21-25(38)35(41)33(5)24(37)13-15-31(2,3)29(33)28(44-26(39)14-16-36-17-19-42-20-18-36)30(34(35,6)46-32)45-27(40)22-43-23-11-9-8-10-12-23/h7-12,24,28-30,37,41H,1,13-22H2,2-6H3/t24-,28-,29-,30-,32-,33-,34+,35-/m0/s1. The summed E-state index contributed by atoms with van der Waals surface area (Å²) in [6, 6.07) is 8.75. The van der Waals surface area contributed by atoms with Crippen LogP contribution in [0.2, 0.25) is 0 Å². The first-order chi connectivity index (χ1) is 21.6. The second kappa shape index (κ2) is 12.6. The van der Waals surface area contributed by atoms with Crippen molar-refractivity contribution in [3.63, 3.8) is 0 Å². The van der Waals surface area contributed by atoms with E-state index in [1.807, 2.05) is 19.9 Å². The van der Waals surface area contributed by atoms with Crippen molar-refractivity contribution < 1.29 is 48.3 Å². The lowest BCUT2D eigenvalue weighted by molar-refractivity contribution is -0.371. The van der Waals surface area contributed by atoms with E-state index in [0.717, 1.165) is 0 Å². The Kier molecular flexibility index (Phi) is 9.49. The summed E-state index contributed by atoms with van der Waals surface area (Å²) in [5.41, 5.74) is -7.73. The zero-order valence-electron chi connectivity index (χ0n) is 27.7. The Morgan fingerprint density at radius 3 is 2.39 bits per heavy atom. The fourth-order valence-electron chi connectivity index (χ4n) is 8.68. The Labute approximate surface area is 271 Å². The van der Waals surface area contributed by atoms with Gasteiger partial charge in [0.05, 0.1) is 31.3 Å². The molecular formula is C35H49NO10. The number of nitrogens with zero attached hydrogens (tertiary/aromatic N) is 1. The molecule has 11 nitrogen and oxygen atoms in total. The number of carbonyl (C=O) groups is 3. The molecule has 5 rings (SSSR count). The Morgan fingerprint density at radius 1 is 1.07 bits per heavy atom. The number of carbonyl (C=O) groups excluding carboxylic acids is 3. The van der Waals surface area contributed by atoms with E-state index in [2.05, 4.69) is 11.5 Å². The van der Waals surface area contributed by atoms with E-state index in [-0.39, 0.29) is 12.8 Å². The van der Waals surface area contributed by atoms with Crippen LogP contribution in [0.15, 0.2) is 43.0 Å². The van der Waals surface area contributed by atoms with Gasteiger partial charge in [-0.05, 0) is 44.2 Å². The first kappa shape index (κ1) is 34.5. The number of benzene rings is 1. The van der Waals surface area contributed by atoms with Gasteiger partial charge in [0, 0.05) is 37.4 Å². The fraction of sp³-hybridized carbons (Fsp3) is 0.686. The van der Waals surface area contributed by atoms with Crippen LogP contribution < -0.4 is 4.74 Å². The van der Waals surface area contributed by atoms with Crippen molar-refractivity contribution in [3.05, 3.63) is 43.0 Å². The van der Waals surface area contributed by atoms with Gasteiger partial charge in [0.15, 0.2) is 24.1 Å². The third-order valence-corrected chi connectivity index (χ3v) is 11.1. The molecule has 254 valence electrons. The molecule has 1 aromatic rings. The molecule has 2 aliphatic carbocycles. The van der Waals surface area contributed by atoms with Crippen molar-refractivity contribution in [3.8, 4) is 5.75 Å². The lowest BCUT2D eigenvalue weighted by atomic mass is 9.39. The first-order valence-corrected chi connectivity index (χ1v) is 16.3. The number of rotatable bonds is 9. The van der Waals surface area contributed by atoms with E-state index in [4.69, 9.17) is 23.7 Å². The van der Waals surface area contributed by atoms with Gasteiger partial charge in [-0.1, -0.05) is 45.0 Å². The number of morpholine rings is 1. The normalized spacial score (nSPS) is 39.0. The van der Waals surface area contributed by atoms with Gasteiger partial charge in [-0.25, -0.2) is 4.79 Å². The number of hydrogen-bond acceptors (Lipinski definition) is 11. The van der Waals surface area contributed by atoms with Crippen molar-refractivity contribution in [2.45, 2.75) is 95.4 Å². The van der Waals surface area contributed by atoms with E-state index in [0.29, 0.717) is 51.4 Å². The molecule has 0 radical (unpaired) electrons. The fourth-order valence-corrected chi connectivity index (χ4v) is 8.68. The molecule has 4 aliphatic rings. The maximum absolute atomic E-state index is 14.3. The molecule has 8 atom stereocenters. The molecule has 11 heteroatoms. The molecule has 2 aliphatic heterocycles. The summed E-state index contributed by atoms with van der Waals surface area (Å²) in [5, 5.41) is 24.6. The molecule has 0 bridgehead atoms. The number of ether oxygens (including phenoxy) is 5. The molecule has 2 saturated heterocycles. The molecular weight excluding hydrogens is 594 g/mol. The zero-order chi connectivity index (χ0) is 33.5. The zero-order valence-corrected chi connectivity index (χ0v) is 27.7. The quantitative estimate of drug-likeness (QED) is 0.303. The van der Waals surface area contributed by atoms with E-state index < -0.39 is 76.2 Å². The topological polar surface area (TPSA) is 141 Å². The van der Waals surface area contributed by atoms with Crippen LogP contribution >= 0.6 is 0 Å². The highest BCUT2D eigenvalue weighted by Gasteiger charge is 2.82. The van der Waals surface area contributed by atoms with Crippen LogP contribution in [0.25, 0.3) is 0 Å². The van der Waals surface area contributed by atoms with Gasteiger partial charge in [0.1, 0.15) is 17.5 Å². The molecule has 0 aromatic heterocycles. The van der Waals surface area contributed by atoms with Gasteiger partial charge in [-0.15, -0.1) is 6.58 Å². The average molecular weight is 644 g/mol. The van der Waals surface area contributed by atoms with Crippen molar-refractivity contribution in [1.29, 1.82) is 0 Å². The highest BCUT2D eigenvalue weighted by molar-refractivity contribution is 5.92. The summed E-state index contributed by atoms with van der Waals surface area (Å²) >= 11 is 0.